The standard InChI is InChI=1S/C22H24N2O5/c1-4-23-21(27)15(3)24-19(25)13-29-22(28)18-8-6-5-7-17(18)20(26)16-11-9-14(2)10-12-16/h5-12,15H,4,13H2,1-3H3,(H,23,27)(H,24,25)/t15-/m0/s1. The minimum absolute atomic E-state index is 0.0719. The molecule has 2 aromatic rings. The second kappa shape index (κ2) is 10.2. The number of ketones is 1. The Labute approximate surface area is 169 Å². The van der Waals surface area contributed by atoms with Crippen LogP contribution < -0.4 is 10.6 Å². The zero-order valence-corrected chi connectivity index (χ0v) is 16.7. The summed E-state index contributed by atoms with van der Waals surface area (Å²) in [6, 6.07) is 12.5. The van der Waals surface area contributed by atoms with E-state index in [1.165, 1.54) is 19.1 Å². The van der Waals surface area contributed by atoms with Crippen molar-refractivity contribution in [3.05, 3.63) is 70.8 Å². The van der Waals surface area contributed by atoms with E-state index in [-0.39, 0.29) is 22.8 Å². The Balaban J connectivity index is 2.04. The molecular formula is C22H24N2O5. The van der Waals surface area contributed by atoms with Gasteiger partial charge in [-0.25, -0.2) is 4.79 Å². The molecule has 0 bridgehead atoms. The monoisotopic (exact) mass is 396 g/mol. The van der Waals surface area contributed by atoms with Crippen LogP contribution in [0.3, 0.4) is 0 Å². The molecule has 152 valence electrons. The van der Waals surface area contributed by atoms with Gasteiger partial charge in [-0.15, -0.1) is 0 Å². The van der Waals surface area contributed by atoms with Gasteiger partial charge in [0.25, 0.3) is 5.91 Å². The van der Waals surface area contributed by atoms with E-state index < -0.39 is 24.5 Å². The number of rotatable bonds is 8. The molecule has 0 saturated carbocycles. The number of amides is 2. The average molecular weight is 396 g/mol. The third-order valence-corrected chi connectivity index (χ3v) is 4.16. The molecule has 1 atom stereocenters. The first-order valence-corrected chi connectivity index (χ1v) is 9.28. The average Bonchev–Trinajstić information content (AvgIpc) is 2.72. The molecule has 0 aromatic heterocycles. The molecule has 2 amide bonds. The summed E-state index contributed by atoms with van der Waals surface area (Å²) in [5.74, 6) is -2.05. The van der Waals surface area contributed by atoms with Crippen LogP contribution in [0.4, 0.5) is 0 Å². The van der Waals surface area contributed by atoms with Crippen LogP contribution in [0, 0.1) is 6.92 Å². The van der Waals surface area contributed by atoms with E-state index in [1.54, 1.807) is 31.2 Å². The maximum absolute atomic E-state index is 12.8. The summed E-state index contributed by atoms with van der Waals surface area (Å²) >= 11 is 0. The van der Waals surface area contributed by atoms with Crippen molar-refractivity contribution in [2.24, 2.45) is 0 Å². The third-order valence-electron chi connectivity index (χ3n) is 4.16. The Kier molecular flexibility index (Phi) is 7.65. The molecule has 0 unspecified atom stereocenters. The first kappa shape index (κ1) is 21.8. The number of likely N-dealkylation sites (N-methyl/N-ethyl adjacent to an activating group) is 1. The summed E-state index contributed by atoms with van der Waals surface area (Å²) in [6.45, 7) is 5.09. The highest BCUT2D eigenvalue weighted by molar-refractivity contribution is 6.14. The molecule has 2 aromatic carbocycles. The van der Waals surface area contributed by atoms with Gasteiger partial charge in [0.2, 0.25) is 5.91 Å². The normalized spacial score (nSPS) is 11.3. The van der Waals surface area contributed by atoms with E-state index in [0.717, 1.165) is 5.56 Å². The van der Waals surface area contributed by atoms with Gasteiger partial charge in [-0.1, -0.05) is 48.0 Å². The molecule has 7 nitrogen and oxygen atoms in total. The number of hydrogen-bond donors (Lipinski definition) is 2. The fourth-order valence-corrected chi connectivity index (χ4v) is 2.60. The third kappa shape index (κ3) is 6.00. The highest BCUT2D eigenvalue weighted by Gasteiger charge is 2.21. The number of benzene rings is 2. The lowest BCUT2D eigenvalue weighted by Crippen LogP contribution is -2.46. The van der Waals surface area contributed by atoms with E-state index in [0.29, 0.717) is 12.1 Å². The van der Waals surface area contributed by atoms with Crippen molar-refractivity contribution in [1.29, 1.82) is 0 Å². The van der Waals surface area contributed by atoms with Crippen LogP contribution in [-0.2, 0) is 14.3 Å². The highest BCUT2D eigenvalue weighted by Crippen LogP contribution is 2.16. The molecule has 0 aliphatic heterocycles. The largest absolute Gasteiger partial charge is 0.452 e. The molecule has 0 fully saturated rings. The zero-order valence-electron chi connectivity index (χ0n) is 16.7. The molecule has 0 heterocycles. The van der Waals surface area contributed by atoms with E-state index in [9.17, 15) is 19.2 Å². The minimum atomic E-state index is -0.790. The van der Waals surface area contributed by atoms with Crippen LogP contribution >= 0.6 is 0 Å². The summed E-state index contributed by atoms with van der Waals surface area (Å²) < 4.78 is 5.04. The van der Waals surface area contributed by atoms with Gasteiger partial charge < -0.3 is 15.4 Å². The van der Waals surface area contributed by atoms with Crippen molar-refractivity contribution in [3.63, 3.8) is 0 Å². The van der Waals surface area contributed by atoms with Crippen LogP contribution in [0.25, 0.3) is 0 Å². The van der Waals surface area contributed by atoms with Gasteiger partial charge in [0, 0.05) is 17.7 Å². The van der Waals surface area contributed by atoms with Gasteiger partial charge in [0.05, 0.1) is 5.56 Å². The Bertz CT molecular complexity index is 906. The lowest BCUT2D eigenvalue weighted by molar-refractivity contribution is -0.130. The van der Waals surface area contributed by atoms with E-state index in [4.69, 9.17) is 4.74 Å². The first-order valence-electron chi connectivity index (χ1n) is 9.28. The second-order valence-electron chi connectivity index (χ2n) is 6.50. The first-order chi connectivity index (χ1) is 13.8. The Morgan fingerprint density at radius 3 is 2.21 bits per heavy atom. The smallest absolute Gasteiger partial charge is 0.339 e. The number of carbonyl (C=O) groups is 4. The Morgan fingerprint density at radius 1 is 0.966 bits per heavy atom. The van der Waals surface area contributed by atoms with Gasteiger partial charge in [-0.2, -0.15) is 0 Å². The molecule has 0 radical (unpaired) electrons. The second-order valence-corrected chi connectivity index (χ2v) is 6.50. The maximum Gasteiger partial charge on any atom is 0.339 e. The van der Waals surface area contributed by atoms with Crippen LogP contribution in [0.5, 0.6) is 0 Å². The molecule has 0 aliphatic carbocycles. The van der Waals surface area contributed by atoms with Crippen LogP contribution in [-0.4, -0.2) is 42.8 Å². The van der Waals surface area contributed by atoms with Gasteiger partial charge >= 0.3 is 5.97 Å². The molecule has 0 saturated heterocycles. The van der Waals surface area contributed by atoms with Crippen molar-refractivity contribution >= 4 is 23.6 Å². The Hall–Kier alpha value is -3.48. The quantitative estimate of drug-likeness (QED) is 0.525. The Morgan fingerprint density at radius 2 is 1.59 bits per heavy atom. The number of ether oxygens (including phenoxy) is 1. The lowest BCUT2D eigenvalue weighted by atomic mass is 9.98. The molecular weight excluding hydrogens is 372 g/mol. The molecule has 2 rings (SSSR count). The van der Waals surface area contributed by atoms with Crippen molar-refractivity contribution in [2.75, 3.05) is 13.2 Å². The van der Waals surface area contributed by atoms with Crippen LogP contribution in [0.1, 0.15) is 45.7 Å². The summed E-state index contributed by atoms with van der Waals surface area (Å²) in [6.07, 6.45) is 0. The summed E-state index contributed by atoms with van der Waals surface area (Å²) in [5, 5.41) is 5.03. The van der Waals surface area contributed by atoms with Crippen molar-refractivity contribution in [3.8, 4) is 0 Å². The van der Waals surface area contributed by atoms with Gasteiger partial charge in [0.15, 0.2) is 12.4 Å². The fourth-order valence-electron chi connectivity index (χ4n) is 2.60. The number of esters is 1. The van der Waals surface area contributed by atoms with Crippen LogP contribution in [0.15, 0.2) is 48.5 Å². The van der Waals surface area contributed by atoms with Gasteiger partial charge in [-0.3, -0.25) is 14.4 Å². The summed E-state index contributed by atoms with van der Waals surface area (Å²) in [4.78, 5) is 48.8. The molecule has 0 spiro atoms. The van der Waals surface area contributed by atoms with Crippen LogP contribution in [0.2, 0.25) is 0 Å². The van der Waals surface area contributed by atoms with Gasteiger partial charge in [-0.05, 0) is 26.8 Å². The SMILES string of the molecule is CCNC(=O)[C@H](C)NC(=O)COC(=O)c1ccccc1C(=O)c1ccc(C)cc1. The summed E-state index contributed by atoms with van der Waals surface area (Å²) in [7, 11) is 0. The van der Waals surface area contributed by atoms with Crippen molar-refractivity contribution in [2.45, 2.75) is 26.8 Å². The van der Waals surface area contributed by atoms with Crippen molar-refractivity contribution < 1.29 is 23.9 Å². The number of aryl methyl sites for hydroxylation is 1. The zero-order chi connectivity index (χ0) is 21.4. The van der Waals surface area contributed by atoms with Gasteiger partial charge in [0.1, 0.15) is 6.04 Å². The maximum atomic E-state index is 12.8. The predicted molar refractivity (Wildman–Crippen MR) is 108 cm³/mol. The number of nitrogens with one attached hydrogen (secondary N) is 2. The molecule has 7 heteroatoms. The molecule has 29 heavy (non-hydrogen) atoms. The molecule has 2 N–H and O–H groups in total. The molecule has 0 aliphatic rings. The minimum Gasteiger partial charge on any atom is -0.452 e. The van der Waals surface area contributed by atoms with E-state index >= 15 is 0 Å². The number of hydrogen-bond acceptors (Lipinski definition) is 5. The van der Waals surface area contributed by atoms with Crippen molar-refractivity contribution in [1.82, 2.24) is 10.6 Å². The predicted octanol–water partition coefficient (Wildman–Crippen LogP) is 2.02. The fraction of sp³-hybridized carbons (Fsp3) is 0.273. The van der Waals surface area contributed by atoms with E-state index in [1.807, 2.05) is 19.1 Å². The topological polar surface area (TPSA) is 102 Å². The van der Waals surface area contributed by atoms with E-state index in [2.05, 4.69) is 10.6 Å². The lowest BCUT2D eigenvalue weighted by Gasteiger charge is -2.14. The number of carbonyl (C=O) groups excluding carboxylic acids is 4. The summed E-state index contributed by atoms with van der Waals surface area (Å²) in [5.41, 5.74) is 1.73. The highest BCUT2D eigenvalue weighted by atomic mass is 16.5.